The molecular formula is C22H18N2O4. The first-order valence-corrected chi connectivity index (χ1v) is 8.88. The van der Waals surface area contributed by atoms with Gasteiger partial charge in [-0.25, -0.2) is 4.79 Å². The van der Waals surface area contributed by atoms with Crippen molar-refractivity contribution >= 4 is 34.2 Å². The number of anilines is 1. The molecule has 28 heavy (non-hydrogen) atoms. The van der Waals surface area contributed by atoms with Crippen molar-refractivity contribution in [2.75, 3.05) is 11.9 Å². The van der Waals surface area contributed by atoms with Crippen LogP contribution in [0.4, 0.5) is 5.69 Å². The van der Waals surface area contributed by atoms with Crippen LogP contribution in [0.5, 0.6) is 0 Å². The Hall–Kier alpha value is -3.67. The highest BCUT2D eigenvalue weighted by atomic mass is 16.4. The van der Waals surface area contributed by atoms with Crippen molar-refractivity contribution in [1.82, 2.24) is 4.90 Å². The van der Waals surface area contributed by atoms with E-state index in [1.807, 2.05) is 19.1 Å². The smallest absolute Gasteiger partial charge is 0.336 e. The molecule has 3 aromatic rings. The van der Waals surface area contributed by atoms with E-state index in [1.165, 1.54) is 11.0 Å². The van der Waals surface area contributed by atoms with Crippen molar-refractivity contribution in [3.8, 4) is 0 Å². The van der Waals surface area contributed by atoms with Gasteiger partial charge in [-0.15, -0.1) is 0 Å². The zero-order chi connectivity index (χ0) is 19.8. The van der Waals surface area contributed by atoms with Crippen LogP contribution in [0.3, 0.4) is 0 Å². The molecule has 0 atom stereocenters. The number of hydrogen-bond acceptors (Lipinski definition) is 4. The number of aryl methyl sites for hydroxylation is 1. The van der Waals surface area contributed by atoms with Gasteiger partial charge in [0.05, 0.1) is 0 Å². The summed E-state index contributed by atoms with van der Waals surface area (Å²) in [6.07, 6.45) is 0.120. The van der Waals surface area contributed by atoms with Gasteiger partial charge < -0.3 is 14.6 Å². The number of fused-ring (bicyclic) bond motifs is 2. The molecule has 1 aliphatic rings. The van der Waals surface area contributed by atoms with Crippen LogP contribution in [-0.2, 0) is 4.79 Å². The number of rotatable bonds is 4. The SMILES string of the molecule is C=C1c2ccccc2C(=O)N1CCC(=O)Nc1ccc2c(C)cc(=O)oc2c1. The standard InChI is InChI=1S/C22H18N2O4/c1-13-11-21(26)28-19-12-15(7-8-16(13)19)23-20(25)9-10-24-14(2)17-5-3-4-6-18(17)22(24)27/h3-8,11-12H,2,9-10H2,1H3,(H,23,25). The van der Waals surface area contributed by atoms with Crippen molar-refractivity contribution < 1.29 is 14.0 Å². The number of nitrogens with zero attached hydrogens (tertiary/aromatic N) is 1. The highest BCUT2D eigenvalue weighted by molar-refractivity contribution is 6.09. The molecule has 6 heteroatoms. The highest BCUT2D eigenvalue weighted by Crippen LogP contribution is 2.31. The average molecular weight is 374 g/mol. The fourth-order valence-electron chi connectivity index (χ4n) is 3.41. The van der Waals surface area contributed by atoms with Gasteiger partial charge in [0.15, 0.2) is 0 Å². The lowest BCUT2D eigenvalue weighted by molar-refractivity contribution is -0.116. The van der Waals surface area contributed by atoms with Gasteiger partial charge in [0.2, 0.25) is 5.91 Å². The maximum Gasteiger partial charge on any atom is 0.336 e. The van der Waals surface area contributed by atoms with E-state index >= 15 is 0 Å². The van der Waals surface area contributed by atoms with E-state index in [4.69, 9.17) is 4.42 Å². The summed E-state index contributed by atoms with van der Waals surface area (Å²) in [6, 6.07) is 13.9. The number of carbonyl (C=O) groups excluding carboxylic acids is 2. The molecule has 0 saturated heterocycles. The van der Waals surface area contributed by atoms with Crippen LogP contribution in [0.2, 0.25) is 0 Å². The molecule has 6 nitrogen and oxygen atoms in total. The number of hydrogen-bond donors (Lipinski definition) is 1. The van der Waals surface area contributed by atoms with E-state index in [2.05, 4.69) is 11.9 Å². The fourth-order valence-corrected chi connectivity index (χ4v) is 3.41. The van der Waals surface area contributed by atoms with E-state index in [0.717, 1.165) is 16.5 Å². The van der Waals surface area contributed by atoms with Crippen molar-refractivity contribution in [3.05, 3.63) is 82.2 Å². The predicted molar refractivity (Wildman–Crippen MR) is 107 cm³/mol. The third kappa shape index (κ3) is 3.09. The van der Waals surface area contributed by atoms with E-state index < -0.39 is 5.63 Å². The summed E-state index contributed by atoms with van der Waals surface area (Å²) in [5.41, 5.74) is 3.34. The van der Waals surface area contributed by atoms with Crippen LogP contribution in [0.25, 0.3) is 16.7 Å². The first-order valence-electron chi connectivity index (χ1n) is 8.88. The molecule has 1 aliphatic heterocycles. The van der Waals surface area contributed by atoms with Gasteiger partial charge in [-0.05, 0) is 30.7 Å². The van der Waals surface area contributed by atoms with Crippen LogP contribution in [-0.4, -0.2) is 23.3 Å². The summed E-state index contributed by atoms with van der Waals surface area (Å²) in [7, 11) is 0. The van der Waals surface area contributed by atoms with Gasteiger partial charge in [0.25, 0.3) is 5.91 Å². The molecule has 1 N–H and O–H groups in total. The zero-order valence-corrected chi connectivity index (χ0v) is 15.3. The lowest BCUT2D eigenvalue weighted by Gasteiger charge is -2.17. The quantitative estimate of drug-likeness (QED) is 0.708. The van der Waals surface area contributed by atoms with Crippen molar-refractivity contribution in [1.29, 1.82) is 0 Å². The molecule has 2 heterocycles. The molecule has 0 aliphatic carbocycles. The lowest BCUT2D eigenvalue weighted by atomic mass is 10.1. The van der Waals surface area contributed by atoms with Crippen LogP contribution in [0, 0.1) is 6.92 Å². The van der Waals surface area contributed by atoms with E-state index in [-0.39, 0.29) is 24.8 Å². The molecule has 0 bridgehead atoms. The predicted octanol–water partition coefficient (Wildman–Crippen LogP) is 3.56. The summed E-state index contributed by atoms with van der Waals surface area (Å²) >= 11 is 0. The van der Waals surface area contributed by atoms with E-state index in [0.29, 0.717) is 22.5 Å². The monoisotopic (exact) mass is 374 g/mol. The summed E-state index contributed by atoms with van der Waals surface area (Å²) in [6.45, 7) is 6.04. The second-order valence-corrected chi connectivity index (χ2v) is 6.71. The van der Waals surface area contributed by atoms with Crippen LogP contribution >= 0.6 is 0 Å². The third-order valence-corrected chi connectivity index (χ3v) is 4.84. The first-order chi connectivity index (χ1) is 13.4. The maximum atomic E-state index is 12.5. The molecule has 1 aromatic heterocycles. The molecule has 0 saturated carbocycles. The lowest BCUT2D eigenvalue weighted by Crippen LogP contribution is -2.27. The molecule has 0 unspecified atom stereocenters. The molecule has 0 fully saturated rings. The Balaban J connectivity index is 1.44. The maximum absolute atomic E-state index is 12.5. The number of nitrogens with one attached hydrogen (secondary N) is 1. The summed E-state index contributed by atoms with van der Waals surface area (Å²) in [5.74, 6) is -0.387. The van der Waals surface area contributed by atoms with E-state index in [1.54, 1.807) is 30.3 Å². The van der Waals surface area contributed by atoms with Gasteiger partial charge in [-0.1, -0.05) is 24.8 Å². The topological polar surface area (TPSA) is 79.6 Å². The second kappa shape index (κ2) is 6.81. The summed E-state index contributed by atoms with van der Waals surface area (Å²) in [5, 5.41) is 3.59. The zero-order valence-electron chi connectivity index (χ0n) is 15.3. The average Bonchev–Trinajstić information content (AvgIpc) is 2.90. The van der Waals surface area contributed by atoms with Crippen molar-refractivity contribution in [3.63, 3.8) is 0 Å². The molecule has 0 spiro atoms. The minimum Gasteiger partial charge on any atom is -0.423 e. The van der Waals surface area contributed by atoms with Gasteiger partial charge in [0.1, 0.15) is 5.58 Å². The van der Waals surface area contributed by atoms with E-state index in [9.17, 15) is 14.4 Å². The Morgan fingerprint density at radius 2 is 1.86 bits per heavy atom. The molecule has 140 valence electrons. The largest absolute Gasteiger partial charge is 0.423 e. The Labute approximate surface area is 161 Å². The minimum atomic E-state index is -0.431. The van der Waals surface area contributed by atoms with Crippen LogP contribution in [0.1, 0.15) is 27.9 Å². The number of carbonyl (C=O) groups is 2. The van der Waals surface area contributed by atoms with Gasteiger partial charge in [0, 0.05) is 53.0 Å². The summed E-state index contributed by atoms with van der Waals surface area (Å²) in [4.78, 5) is 37.9. The summed E-state index contributed by atoms with van der Waals surface area (Å²) < 4.78 is 5.20. The second-order valence-electron chi connectivity index (χ2n) is 6.71. The minimum absolute atomic E-state index is 0.120. The van der Waals surface area contributed by atoms with Crippen molar-refractivity contribution in [2.24, 2.45) is 0 Å². The van der Waals surface area contributed by atoms with Crippen LogP contribution in [0.15, 0.2) is 64.3 Å². The molecule has 2 aromatic carbocycles. The van der Waals surface area contributed by atoms with Gasteiger partial charge >= 0.3 is 5.63 Å². The molecular weight excluding hydrogens is 356 g/mol. The number of benzene rings is 2. The number of amides is 2. The Morgan fingerprint density at radius 3 is 2.61 bits per heavy atom. The Bertz CT molecular complexity index is 1160. The molecule has 2 amide bonds. The Morgan fingerprint density at radius 1 is 1.11 bits per heavy atom. The third-order valence-electron chi connectivity index (χ3n) is 4.84. The first kappa shape index (κ1) is 17.7. The highest BCUT2D eigenvalue weighted by Gasteiger charge is 2.30. The normalized spacial score (nSPS) is 13.1. The Kier molecular flexibility index (Phi) is 4.31. The molecule has 4 rings (SSSR count). The van der Waals surface area contributed by atoms with Crippen LogP contribution < -0.4 is 10.9 Å². The fraction of sp³-hybridized carbons (Fsp3) is 0.136. The van der Waals surface area contributed by atoms with Gasteiger partial charge in [-0.3, -0.25) is 9.59 Å². The van der Waals surface area contributed by atoms with Crippen molar-refractivity contribution in [2.45, 2.75) is 13.3 Å². The molecule has 0 radical (unpaired) electrons. The van der Waals surface area contributed by atoms with Gasteiger partial charge in [-0.2, -0.15) is 0 Å².